The van der Waals surface area contributed by atoms with Crippen molar-refractivity contribution >= 4 is 29.0 Å². The highest BCUT2D eigenvalue weighted by molar-refractivity contribution is 5.87. The standard InChI is InChI=1S/C27H36O6.C27H32O6.C25H30N2O4.C21H24O4.C15H19NO4.6CH4/c1-19(28-15-25-17-32-25)13-30-23-9-5-21(6-10-23)27(3,4)22-7-11-24(12-8-22)31-14-20(2)29-16-26-18-33-26;1-19(2)25(28)32-17-15-30-23-11-7-21(8-12-23)27(5,6)22-9-13-24(14-10-22)31-16-18-33-26(29)20(3)4;1-5-20(26(10-22-14-28-22)11-23-15-29-23)6-2-18(1)9-19-3-7-21(8-4-19)27(12-24-16-30-24)13-25-17-31-25;1-21(2,15-3-7-17(8-4-15)22-11-19-13-24-19)16-5-9-18(10-6-16)23-12-20-14-25-20;1-3-12(17-9-15-10-20-15)4-2-11(1)16(5-13-7-18-13)6-14-8-19-14;;;;;;/h5-12,19-20,25-26H,13-18H2,1-4H3;7-14H,1,3,15-18H2,2,4-6H3;1-8,22-25H,9-17H2;3-10,19-20H,11-14H2,1-2H3;1-4,13-15H,5-10H2;6*1H4. The van der Waals surface area contributed by atoms with Crippen molar-refractivity contribution in [3.05, 3.63) is 287 Å². The van der Waals surface area contributed by atoms with Crippen molar-refractivity contribution < 1.29 is 114 Å². The summed E-state index contributed by atoms with van der Waals surface area (Å²) in [5, 5.41) is 0. The maximum Gasteiger partial charge on any atom is 0.333 e. The molecule has 0 aliphatic carbocycles. The molecule has 148 heavy (non-hydrogen) atoms. The van der Waals surface area contributed by atoms with Gasteiger partial charge in [-0.25, -0.2) is 9.59 Å². The van der Waals surface area contributed by atoms with Gasteiger partial charge in [0.1, 0.15) is 130 Å². The topological polar surface area (TPSA) is 283 Å². The van der Waals surface area contributed by atoms with E-state index in [1.165, 1.54) is 50.4 Å². The molecule has 0 bridgehead atoms. The minimum absolute atomic E-state index is 0. The number of hydrogen-bond donors (Lipinski definition) is 0. The quantitative estimate of drug-likeness (QED) is 0.0148. The monoisotopic (exact) mass is 2040 g/mol. The number of anilines is 3. The minimum atomic E-state index is -0.418. The normalized spacial score (nSPS) is 20.6. The molecule has 0 spiro atoms. The highest BCUT2D eigenvalue weighted by Gasteiger charge is 2.37. The molecule has 20 rings (SSSR count). The van der Waals surface area contributed by atoms with Gasteiger partial charge in [0.25, 0.3) is 0 Å². The van der Waals surface area contributed by atoms with Crippen LogP contribution in [0.1, 0.15) is 158 Å². The van der Waals surface area contributed by atoms with E-state index in [-0.39, 0.29) is 124 Å². The summed E-state index contributed by atoms with van der Waals surface area (Å²) in [5.41, 5.74) is 13.9. The Morgan fingerprint density at radius 2 is 0.466 bits per heavy atom. The molecule has 11 fully saturated rings. The van der Waals surface area contributed by atoms with E-state index < -0.39 is 11.9 Å². The summed E-state index contributed by atoms with van der Waals surface area (Å²) < 4.78 is 120. The second kappa shape index (κ2) is 57.2. The first-order valence-electron chi connectivity index (χ1n) is 50.0. The Morgan fingerprint density at radius 3 is 0.676 bits per heavy atom. The van der Waals surface area contributed by atoms with Gasteiger partial charge in [-0.2, -0.15) is 0 Å². The largest absolute Gasteiger partial charge is 0.491 e. The summed E-state index contributed by atoms with van der Waals surface area (Å²) >= 11 is 0. The maximum absolute atomic E-state index is 11.4. The average Bonchev–Trinajstić information content (AvgIpc) is 1.80. The summed E-state index contributed by atoms with van der Waals surface area (Å²) in [6.45, 7) is 47.7. The van der Waals surface area contributed by atoms with Gasteiger partial charge >= 0.3 is 11.9 Å². The fourth-order valence-corrected chi connectivity index (χ4v) is 15.6. The fraction of sp³-hybridized carbons (Fsp3) is 0.504. The van der Waals surface area contributed by atoms with Gasteiger partial charge < -0.3 is 119 Å². The van der Waals surface area contributed by atoms with Crippen LogP contribution in [-0.2, 0) is 103 Å². The summed E-state index contributed by atoms with van der Waals surface area (Å²) in [6, 6.07) is 75.2. The Hall–Kier alpha value is -11.1. The molecule has 0 amide bonds. The van der Waals surface area contributed by atoms with Gasteiger partial charge in [-0.3, -0.25) is 0 Å². The van der Waals surface area contributed by atoms with Crippen molar-refractivity contribution in [2.24, 2.45) is 0 Å². The molecule has 11 heterocycles. The van der Waals surface area contributed by atoms with E-state index in [4.69, 9.17) is 104 Å². The van der Waals surface area contributed by atoms with Crippen LogP contribution < -0.4 is 47.9 Å². The van der Waals surface area contributed by atoms with Crippen molar-refractivity contribution in [2.75, 3.05) is 199 Å². The second-order valence-corrected chi connectivity index (χ2v) is 39.6. The molecule has 0 saturated carbocycles. The van der Waals surface area contributed by atoms with Crippen LogP contribution in [0.25, 0.3) is 0 Å². The molecule has 808 valence electrons. The van der Waals surface area contributed by atoms with Crippen LogP contribution in [0.3, 0.4) is 0 Å². The van der Waals surface area contributed by atoms with Crippen molar-refractivity contribution in [2.45, 2.75) is 216 Å². The molecule has 0 radical (unpaired) electrons. The van der Waals surface area contributed by atoms with Gasteiger partial charge in [-0.05, 0) is 200 Å². The Kier molecular flexibility index (Phi) is 45.9. The summed E-state index contributed by atoms with van der Waals surface area (Å²) in [6.07, 6.45) is 4.73. The van der Waals surface area contributed by atoms with Gasteiger partial charge in [-0.15, -0.1) is 0 Å². The molecule has 11 aliphatic heterocycles. The van der Waals surface area contributed by atoms with Crippen LogP contribution in [0.2, 0.25) is 0 Å². The van der Waals surface area contributed by atoms with Crippen molar-refractivity contribution in [3.63, 3.8) is 0 Å². The number of benzene rings is 9. The SMILES string of the molecule is C.C.C.C.C.C.C=C(C)C(=O)OCCOc1ccc(C(C)(C)c2ccc(OCCOC(=O)C(=C)C)cc2)cc1.CC(C)(c1ccc(OCC2CO2)cc1)c1ccc(OCC2CO2)cc1.CC(COc1ccc(C(C)(C)c2ccc(OCC(C)OCC3CO3)cc2)cc1)OCC1CO1.c1cc(N(CC2CO2)CC2CO2)ccc1Cc1ccc(N(CC2CO2)CC2CO2)cc1.c1cc(N(CC2CO2)CC2CO2)ccc1OCC1CO1. The third-order valence-electron chi connectivity index (χ3n) is 25.9. The first kappa shape index (κ1) is 119. The molecule has 11 aliphatic rings. The number of nitrogens with zero attached hydrogens (tertiary/aromatic N) is 3. The van der Waals surface area contributed by atoms with Gasteiger partial charge in [-0.1, -0.05) is 196 Å². The lowest BCUT2D eigenvalue weighted by atomic mass is 9.78. The fourth-order valence-electron chi connectivity index (χ4n) is 15.6. The molecule has 27 heteroatoms. The number of ether oxygens (including phenoxy) is 22. The van der Waals surface area contributed by atoms with Gasteiger partial charge in [0.05, 0.1) is 135 Å². The molecule has 27 nitrogen and oxygen atoms in total. The third kappa shape index (κ3) is 40.3. The Bertz CT molecular complexity index is 5070. The molecule has 0 N–H and O–H groups in total. The number of hydrogen-bond acceptors (Lipinski definition) is 27. The first-order valence-corrected chi connectivity index (χ1v) is 50.0. The van der Waals surface area contributed by atoms with E-state index in [2.05, 4.69) is 179 Å². The Balaban J connectivity index is 0.000000189. The van der Waals surface area contributed by atoms with Crippen LogP contribution in [0.4, 0.5) is 17.1 Å². The van der Waals surface area contributed by atoms with Gasteiger partial charge in [0, 0.05) is 83.7 Å². The number of rotatable bonds is 54. The Labute approximate surface area is 880 Å². The van der Waals surface area contributed by atoms with Crippen LogP contribution in [0.15, 0.2) is 243 Å². The smallest absolute Gasteiger partial charge is 0.333 e. The first-order chi connectivity index (χ1) is 68.8. The molecule has 13 atom stereocenters. The highest BCUT2D eigenvalue weighted by Crippen LogP contribution is 2.39. The zero-order valence-corrected chi connectivity index (χ0v) is 83.9. The molecule has 11 saturated heterocycles. The molecule has 9 aromatic rings. The highest BCUT2D eigenvalue weighted by atomic mass is 16.6. The van der Waals surface area contributed by atoms with E-state index in [1.54, 1.807) is 13.8 Å². The molecular formula is C121H165N3O24. The molecule has 0 aromatic heterocycles. The van der Waals surface area contributed by atoms with Crippen LogP contribution >= 0.6 is 0 Å². The zero-order valence-electron chi connectivity index (χ0n) is 83.9. The van der Waals surface area contributed by atoms with Crippen molar-refractivity contribution in [1.82, 2.24) is 0 Å². The number of carbonyl (C=O) groups is 2. The lowest BCUT2D eigenvalue weighted by Crippen LogP contribution is -2.31. The predicted molar refractivity (Wildman–Crippen MR) is 582 cm³/mol. The lowest BCUT2D eigenvalue weighted by molar-refractivity contribution is -0.140. The maximum atomic E-state index is 11.4. The van der Waals surface area contributed by atoms with E-state index >= 15 is 0 Å². The predicted octanol–water partition coefficient (Wildman–Crippen LogP) is 20.3. The molecule has 9 aromatic carbocycles. The van der Waals surface area contributed by atoms with Crippen molar-refractivity contribution in [1.29, 1.82) is 0 Å². The number of epoxide rings is 11. The zero-order chi connectivity index (χ0) is 99.0. The summed E-state index contributed by atoms with van der Waals surface area (Å²) in [4.78, 5) is 29.9. The van der Waals surface area contributed by atoms with Crippen LogP contribution in [0.5, 0.6) is 40.2 Å². The minimum Gasteiger partial charge on any atom is -0.491 e. The van der Waals surface area contributed by atoms with Gasteiger partial charge in [0.15, 0.2) is 0 Å². The van der Waals surface area contributed by atoms with Gasteiger partial charge in [0.2, 0.25) is 0 Å². The van der Waals surface area contributed by atoms with E-state index in [0.717, 1.165) is 158 Å². The van der Waals surface area contributed by atoms with E-state index in [9.17, 15) is 9.59 Å². The lowest BCUT2D eigenvalue weighted by Gasteiger charge is -2.26. The molecule has 13 unspecified atom stereocenters. The molecular weight excluding hydrogens is 1880 g/mol. The number of esters is 2. The average molecular weight is 2050 g/mol. The van der Waals surface area contributed by atoms with E-state index in [1.807, 2.05) is 123 Å². The van der Waals surface area contributed by atoms with Crippen LogP contribution in [0, 0.1) is 0 Å². The second-order valence-electron chi connectivity index (χ2n) is 39.6. The summed E-state index contributed by atoms with van der Waals surface area (Å²) in [7, 11) is 0. The third-order valence-corrected chi connectivity index (χ3v) is 25.9. The van der Waals surface area contributed by atoms with E-state index in [0.29, 0.717) is 112 Å². The Morgan fingerprint density at radius 1 is 0.277 bits per heavy atom. The van der Waals surface area contributed by atoms with Crippen molar-refractivity contribution in [3.8, 4) is 40.2 Å². The summed E-state index contributed by atoms with van der Waals surface area (Å²) in [5.74, 6) is 4.95. The van der Waals surface area contributed by atoms with Crippen LogP contribution in [-0.4, -0.2) is 276 Å². The number of carbonyl (C=O) groups excluding carboxylic acids is 2.